The number of rotatable bonds is 23. The molecule has 9 unspecified atom stereocenters. The third kappa shape index (κ3) is 14.2. The Labute approximate surface area is 210 Å². The maximum Gasteiger partial charge on any atom is 0.183 e. The van der Waals surface area contributed by atoms with Crippen LogP contribution in [0.5, 0.6) is 0 Å². The van der Waals surface area contributed by atoms with Gasteiger partial charge in [0.25, 0.3) is 0 Å². The van der Waals surface area contributed by atoms with E-state index >= 15 is 0 Å². The number of hydrogen-bond donors (Lipinski definition) is 8. The van der Waals surface area contributed by atoms with E-state index in [-0.39, 0.29) is 18.9 Å². The van der Waals surface area contributed by atoms with Gasteiger partial charge in [0.2, 0.25) is 0 Å². The molecule has 9 atom stereocenters. The van der Waals surface area contributed by atoms with Crippen molar-refractivity contribution in [1.82, 2.24) is 0 Å². The summed E-state index contributed by atoms with van der Waals surface area (Å²) in [4.78, 5) is 0. The molecular formula is C25H52O10. The second-order valence-electron chi connectivity index (χ2n) is 9.48. The van der Waals surface area contributed by atoms with Gasteiger partial charge in [-0.1, -0.05) is 65.7 Å². The first kappa shape index (κ1) is 34.6. The lowest BCUT2D eigenvalue weighted by Crippen LogP contribution is -2.50. The van der Waals surface area contributed by atoms with Gasteiger partial charge in [-0.3, -0.25) is 0 Å². The molecular weight excluding hydrogens is 460 g/mol. The van der Waals surface area contributed by atoms with E-state index < -0.39 is 62.2 Å². The highest BCUT2D eigenvalue weighted by molar-refractivity contribution is 4.81. The van der Waals surface area contributed by atoms with Crippen LogP contribution in [-0.4, -0.2) is 103 Å². The van der Waals surface area contributed by atoms with E-state index in [2.05, 4.69) is 6.92 Å². The fourth-order valence-corrected chi connectivity index (χ4v) is 3.99. The van der Waals surface area contributed by atoms with Gasteiger partial charge in [-0.15, -0.1) is 0 Å². The molecule has 10 nitrogen and oxygen atoms in total. The third-order valence-corrected chi connectivity index (χ3v) is 6.38. The summed E-state index contributed by atoms with van der Waals surface area (Å²) in [5.41, 5.74) is 0. The molecule has 10 heteroatoms. The minimum Gasteiger partial charge on any atom is -0.396 e. The van der Waals surface area contributed by atoms with Crippen molar-refractivity contribution in [2.75, 3.05) is 13.2 Å². The van der Waals surface area contributed by atoms with E-state index in [4.69, 9.17) is 14.6 Å². The maximum absolute atomic E-state index is 10.8. The molecule has 0 aliphatic heterocycles. The molecule has 35 heavy (non-hydrogen) atoms. The first-order valence-electron chi connectivity index (χ1n) is 13.2. The van der Waals surface area contributed by atoms with Crippen LogP contribution in [0.4, 0.5) is 0 Å². The van der Waals surface area contributed by atoms with Crippen molar-refractivity contribution < 1.29 is 50.3 Å². The lowest BCUT2D eigenvalue weighted by molar-refractivity contribution is -0.251. The Balaban J connectivity index is 4.93. The molecule has 8 N–H and O–H groups in total. The second-order valence-corrected chi connectivity index (χ2v) is 9.48. The molecule has 0 aromatic carbocycles. The van der Waals surface area contributed by atoms with Gasteiger partial charge in [0, 0.05) is 19.1 Å². The summed E-state index contributed by atoms with van der Waals surface area (Å²) in [5.74, 6) is -0.843. The average molecular weight is 513 g/mol. The second kappa shape index (κ2) is 20.6. The molecule has 0 rings (SSSR count). The van der Waals surface area contributed by atoms with Crippen molar-refractivity contribution in [2.24, 2.45) is 5.92 Å². The summed E-state index contributed by atoms with van der Waals surface area (Å²) in [6.45, 7) is 4.93. The first-order chi connectivity index (χ1) is 16.6. The molecule has 0 fully saturated rings. The van der Waals surface area contributed by atoms with Gasteiger partial charge in [-0.2, -0.15) is 0 Å². The highest BCUT2D eigenvalue weighted by Gasteiger charge is 2.37. The molecule has 0 spiro atoms. The Morgan fingerprint density at radius 1 is 0.571 bits per heavy atom. The zero-order chi connectivity index (χ0) is 26.8. The van der Waals surface area contributed by atoms with Crippen molar-refractivity contribution in [3.05, 3.63) is 0 Å². The third-order valence-electron chi connectivity index (χ3n) is 6.38. The van der Waals surface area contributed by atoms with Crippen LogP contribution < -0.4 is 0 Å². The quantitative estimate of drug-likeness (QED) is 0.0720. The SMILES string of the molecule is CCCCCCCCC(CCC)OC(O)C(C)C(O)C(CCO)OC(O)C(O)C(O)C(O)CCO. The molecule has 0 saturated heterocycles. The molecule has 0 amide bonds. The Hall–Kier alpha value is -0.400. The molecule has 0 heterocycles. The first-order valence-corrected chi connectivity index (χ1v) is 13.2. The van der Waals surface area contributed by atoms with Crippen molar-refractivity contribution in [3.8, 4) is 0 Å². The smallest absolute Gasteiger partial charge is 0.183 e. The highest BCUT2D eigenvalue weighted by Crippen LogP contribution is 2.23. The van der Waals surface area contributed by atoms with E-state index in [1.807, 2.05) is 6.92 Å². The molecule has 0 radical (unpaired) electrons. The summed E-state index contributed by atoms with van der Waals surface area (Å²) in [5, 5.41) is 79.5. The molecule has 0 aliphatic rings. The van der Waals surface area contributed by atoms with Gasteiger partial charge < -0.3 is 50.3 Å². The lowest BCUT2D eigenvalue weighted by Gasteiger charge is -2.34. The number of aliphatic hydroxyl groups is 8. The number of ether oxygens (including phenoxy) is 2. The fraction of sp³-hybridized carbons (Fsp3) is 1.00. The minimum atomic E-state index is -1.99. The molecule has 0 aromatic rings. The Bertz CT molecular complexity index is 483. The summed E-state index contributed by atoms with van der Waals surface area (Å²) in [6, 6.07) is 0. The van der Waals surface area contributed by atoms with E-state index in [0.29, 0.717) is 0 Å². The van der Waals surface area contributed by atoms with E-state index in [1.54, 1.807) is 6.92 Å². The van der Waals surface area contributed by atoms with Crippen LogP contribution in [0, 0.1) is 5.92 Å². The zero-order valence-electron chi connectivity index (χ0n) is 21.8. The van der Waals surface area contributed by atoms with Crippen LogP contribution in [0.1, 0.15) is 91.4 Å². The topological polar surface area (TPSA) is 180 Å². The van der Waals surface area contributed by atoms with Crippen LogP contribution >= 0.6 is 0 Å². The number of unbranched alkanes of at least 4 members (excludes halogenated alkanes) is 5. The monoisotopic (exact) mass is 512 g/mol. The van der Waals surface area contributed by atoms with Gasteiger partial charge in [0.15, 0.2) is 12.6 Å². The Morgan fingerprint density at radius 2 is 1.17 bits per heavy atom. The summed E-state index contributed by atoms with van der Waals surface area (Å²) >= 11 is 0. The normalized spacial score (nSPS) is 20.0. The maximum atomic E-state index is 10.8. The lowest BCUT2D eigenvalue weighted by atomic mass is 9.96. The average Bonchev–Trinajstić information content (AvgIpc) is 2.83. The van der Waals surface area contributed by atoms with E-state index in [0.717, 1.165) is 32.1 Å². The molecule has 212 valence electrons. The predicted molar refractivity (Wildman–Crippen MR) is 131 cm³/mol. The summed E-state index contributed by atoms with van der Waals surface area (Å²) in [6.07, 6.45) is -2.23. The molecule has 0 aliphatic carbocycles. The van der Waals surface area contributed by atoms with Gasteiger partial charge in [0.05, 0.1) is 24.4 Å². The van der Waals surface area contributed by atoms with Crippen molar-refractivity contribution >= 4 is 0 Å². The van der Waals surface area contributed by atoms with Crippen LogP contribution in [0.3, 0.4) is 0 Å². The van der Waals surface area contributed by atoms with Crippen molar-refractivity contribution in [2.45, 2.75) is 141 Å². The Kier molecular flexibility index (Phi) is 20.4. The highest BCUT2D eigenvalue weighted by atomic mass is 16.6. The van der Waals surface area contributed by atoms with Crippen molar-refractivity contribution in [1.29, 1.82) is 0 Å². The fourth-order valence-electron chi connectivity index (χ4n) is 3.99. The van der Waals surface area contributed by atoms with Gasteiger partial charge in [-0.25, -0.2) is 0 Å². The standard InChI is InChI=1S/C25H52O10/c1-4-6-7-8-9-10-12-18(11-5-2)34-24(32)17(3)21(29)20(14-16-27)35-25(33)23(31)22(30)19(28)13-15-26/h17-33H,4-16H2,1-3H3. The minimum absolute atomic E-state index is 0.118. The van der Waals surface area contributed by atoms with Gasteiger partial charge in [0.1, 0.15) is 12.2 Å². The van der Waals surface area contributed by atoms with Crippen LogP contribution in [0.25, 0.3) is 0 Å². The number of aliphatic hydroxyl groups excluding tert-OH is 8. The molecule has 0 aromatic heterocycles. The summed E-state index contributed by atoms with van der Waals surface area (Å²) in [7, 11) is 0. The molecule has 0 bridgehead atoms. The Morgan fingerprint density at radius 3 is 1.74 bits per heavy atom. The predicted octanol–water partition coefficient (Wildman–Crippen LogP) is 0.789. The van der Waals surface area contributed by atoms with Gasteiger partial charge in [-0.05, 0) is 25.7 Å². The largest absolute Gasteiger partial charge is 0.396 e. The van der Waals surface area contributed by atoms with E-state index in [1.165, 1.54) is 25.7 Å². The van der Waals surface area contributed by atoms with E-state index in [9.17, 15) is 35.7 Å². The zero-order valence-corrected chi connectivity index (χ0v) is 21.8. The molecule has 0 saturated carbocycles. The number of hydrogen-bond acceptors (Lipinski definition) is 10. The van der Waals surface area contributed by atoms with Crippen molar-refractivity contribution in [3.63, 3.8) is 0 Å². The van der Waals surface area contributed by atoms with Crippen LogP contribution in [-0.2, 0) is 9.47 Å². The van der Waals surface area contributed by atoms with Gasteiger partial charge >= 0.3 is 0 Å². The van der Waals surface area contributed by atoms with Crippen LogP contribution in [0.15, 0.2) is 0 Å². The van der Waals surface area contributed by atoms with Crippen LogP contribution in [0.2, 0.25) is 0 Å². The summed E-state index contributed by atoms with van der Waals surface area (Å²) < 4.78 is 11.1.